The fourth-order valence-electron chi connectivity index (χ4n) is 3.03. The lowest BCUT2D eigenvalue weighted by Gasteiger charge is -2.15. The molecular formula is C23H16Cl2N2O3S. The van der Waals surface area contributed by atoms with E-state index in [4.69, 9.17) is 27.9 Å². The predicted octanol–water partition coefficient (Wildman–Crippen LogP) is 5.99. The summed E-state index contributed by atoms with van der Waals surface area (Å²) in [7, 11) is 1.56. The van der Waals surface area contributed by atoms with Crippen molar-refractivity contribution in [3.63, 3.8) is 0 Å². The van der Waals surface area contributed by atoms with Crippen molar-refractivity contribution in [1.82, 2.24) is 0 Å². The van der Waals surface area contributed by atoms with Crippen LogP contribution in [0.25, 0.3) is 0 Å². The average molecular weight is 471 g/mol. The van der Waals surface area contributed by atoms with Crippen molar-refractivity contribution in [2.45, 2.75) is 4.90 Å². The van der Waals surface area contributed by atoms with Crippen LogP contribution in [-0.2, 0) is 9.59 Å². The maximum absolute atomic E-state index is 13.3. The first-order chi connectivity index (χ1) is 15.0. The predicted molar refractivity (Wildman–Crippen MR) is 125 cm³/mol. The minimum absolute atomic E-state index is 0.179. The molecule has 0 fully saturated rings. The maximum Gasteiger partial charge on any atom is 0.283 e. The van der Waals surface area contributed by atoms with Crippen LogP contribution in [0.2, 0.25) is 10.0 Å². The van der Waals surface area contributed by atoms with Crippen LogP contribution >= 0.6 is 35.0 Å². The molecule has 1 aliphatic rings. The van der Waals surface area contributed by atoms with Crippen LogP contribution in [-0.4, -0.2) is 18.9 Å². The number of ether oxygens (including phenoxy) is 1. The van der Waals surface area contributed by atoms with E-state index in [2.05, 4.69) is 5.32 Å². The summed E-state index contributed by atoms with van der Waals surface area (Å²) in [4.78, 5) is 28.8. The number of halogens is 2. The Balaban J connectivity index is 1.75. The van der Waals surface area contributed by atoms with E-state index in [0.717, 1.165) is 9.80 Å². The molecule has 2 amide bonds. The molecule has 156 valence electrons. The van der Waals surface area contributed by atoms with Gasteiger partial charge < -0.3 is 10.1 Å². The number of thioether (sulfide) groups is 1. The Hall–Kier alpha value is -2.93. The molecule has 0 aromatic heterocycles. The quantitative estimate of drug-likeness (QED) is 0.448. The molecule has 3 aromatic carbocycles. The second-order valence-corrected chi connectivity index (χ2v) is 8.50. The Labute approximate surface area is 193 Å². The average Bonchev–Trinajstić information content (AvgIpc) is 2.99. The van der Waals surface area contributed by atoms with Crippen LogP contribution in [0.4, 0.5) is 11.4 Å². The fraction of sp³-hybridized carbons (Fsp3) is 0.0435. The Morgan fingerprint density at radius 3 is 2.32 bits per heavy atom. The minimum atomic E-state index is -0.466. The topological polar surface area (TPSA) is 58.6 Å². The van der Waals surface area contributed by atoms with Gasteiger partial charge in [-0.05, 0) is 54.6 Å². The number of rotatable bonds is 6. The number of methoxy groups -OCH3 is 1. The first kappa shape index (κ1) is 21.3. The third-order valence-corrected chi connectivity index (χ3v) is 6.06. The van der Waals surface area contributed by atoms with Crippen molar-refractivity contribution in [1.29, 1.82) is 0 Å². The molecule has 0 atom stereocenters. The van der Waals surface area contributed by atoms with Gasteiger partial charge in [0.1, 0.15) is 16.4 Å². The Morgan fingerprint density at radius 2 is 1.61 bits per heavy atom. The summed E-state index contributed by atoms with van der Waals surface area (Å²) in [5.41, 5.74) is 1.20. The number of anilines is 2. The molecule has 4 rings (SSSR count). The van der Waals surface area contributed by atoms with Gasteiger partial charge in [0.2, 0.25) is 0 Å². The van der Waals surface area contributed by atoms with Crippen LogP contribution in [0.3, 0.4) is 0 Å². The lowest BCUT2D eigenvalue weighted by atomic mass is 10.2. The Bertz CT molecular complexity index is 1200. The largest absolute Gasteiger partial charge is 0.497 e. The van der Waals surface area contributed by atoms with Crippen LogP contribution in [0.15, 0.2) is 88.3 Å². The second-order valence-electron chi connectivity index (χ2n) is 6.54. The maximum atomic E-state index is 13.3. The number of nitrogens with zero attached hydrogens (tertiary/aromatic N) is 1. The molecule has 3 aromatic rings. The van der Waals surface area contributed by atoms with Crippen molar-refractivity contribution in [3.8, 4) is 5.75 Å². The SMILES string of the molecule is COc1cccc(NC2=C(Sc3ccc(Cl)cc3)C(=O)N(c3cccc(Cl)c3)C2=O)c1. The molecule has 31 heavy (non-hydrogen) atoms. The number of hydrogen-bond donors (Lipinski definition) is 1. The van der Waals surface area contributed by atoms with Crippen molar-refractivity contribution < 1.29 is 14.3 Å². The zero-order valence-electron chi connectivity index (χ0n) is 16.3. The summed E-state index contributed by atoms with van der Waals surface area (Å²) < 4.78 is 5.25. The summed E-state index contributed by atoms with van der Waals surface area (Å²) in [5, 5.41) is 4.11. The zero-order chi connectivity index (χ0) is 22.0. The highest BCUT2D eigenvalue weighted by atomic mass is 35.5. The van der Waals surface area contributed by atoms with E-state index in [9.17, 15) is 9.59 Å². The molecule has 0 radical (unpaired) electrons. The molecular weight excluding hydrogens is 455 g/mol. The van der Waals surface area contributed by atoms with Gasteiger partial charge in [0, 0.05) is 26.7 Å². The molecule has 1 N–H and O–H groups in total. The zero-order valence-corrected chi connectivity index (χ0v) is 18.6. The van der Waals surface area contributed by atoms with E-state index in [0.29, 0.717) is 27.2 Å². The van der Waals surface area contributed by atoms with Gasteiger partial charge in [-0.3, -0.25) is 9.59 Å². The Kier molecular flexibility index (Phi) is 6.23. The van der Waals surface area contributed by atoms with Gasteiger partial charge >= 0.3 is 0 Å². The lowest BCUT2D eigenvalue weighted by Crippen LogP contribution is -2.32. The van der Waals surface area contributed by atoms with Crippen LogP contribution in [0.5, 0.6) is 5.75 Å². The molecule has 1 aliphatic heterocycles. The lowest BCUT2D eigenvalue weighted by molar-refractivity contribution is -0.120. The number of amides is 2. The van der Waals surface area contributed by atoms with Gasteiger partial charge in [0.15, 0.2) is 0 Å². The standard InChI is InChI=1S/C23H16Cl2N2O3S/c1-30-18-7-3-5-16(13-18)26-20-21(31-19-10-8-14(24)9-11-19)23(29)27(22(20)28)17-6-2-4-15(25)12-17/h2-13,26H,1H3. The number of imide groups is 1. The number of carbonyl (C=O) groups is 2. The van der Waals surface area contributed by atoms with Gasteiger partial charge in [0.05, 0.1) is 12.8 Å². The normalized spacial score (nSPS) is 13.7. The first-order valence-electron chi connectivity index (χ1n) is 9.19. The second kappa shape index (κ2) is 9.06. The smallest absolute Gasteiger partial charge is 0.283 e. The molecule has 0 unspecified atom stereocenters. The van der Waals surface area contributed by atoms with E-state index >= 15 is 0 Å². The first-order valence-corrected chi connectivity index (χ1v) is 10.8. The highest BCUT2D eigenvalue weighted by Gasteiger charge is 2.40. The highest BCUT2D eigenvalue weighted by molar-refractivity contribution is 8.04. The highest BCUT2D eigenvalue weighted by Crippen LogP contribution is 2.38. The van der Waals surface area contributed by atoms with E-state index in [1.165, 1.54) is 11.8 Å². The Morgan fingerprint density at radius 1 is 0.871 bits per heavy atom. The molecule has 0 spiro atoms. The van der Waals surface area contributed by atoms with E-state index in [1.54, 1.807) is 79.9 Å². The monoisotopic (exact) mass is 470 g/mol. The van der Waals surface area contributed by atoms with Gasteiger partial charge in [0.25, 0.3) is 11.8 Å². The molecule has 0 saturated carbocycles. The molecule has 8 heteroatoms. The number of hydrogen-bond acceptors (Lipinski definition) is 5. The molecule has 5 nitrogen and oxygen atoms in total. The van der Waals surface area contributed by atoms with Crippen molar-refractivity contribution >= 4 is 58.2 Å². The summed E-state index contributed by atoms with van der Waals surface area (Å²) >= 11 is 13.3. The van der Waals surface area contributed by atoms with E-state index in [1.807, 2.05) is 0 Å². The van der Waals surface area contributed by atoms with Crippen LogP contribution < -0.4 is 15.0 Å². The van der Waals surface area contributed by atoms with E-state index < -0.39 is 11.8 Å². The summed E-state index contributed by atoms with van der Waals surface area (Å²) in [6.07, 6.45) is 0. The molecule has 1 heterocycles. The van der Waals surface area contributed by atoms with Crippen molar-refractivity contribution in [3.05, 3.63) is 93.4 Å². The number of benzene rings is 3. The summed E-state index contributed by atoms with van der Waals surface area (Å²) in [6, 6.07) is 20.8. The summed E-state index contributed by atoms with van der Waals surface area (Å²) in [6.45, 7) is 0. The van der Waals surface area contributed by atoms with Crippen LogP contribution in [0, 0.1) is 0 Å². The third-order valence-electron chi connectivity index (χ3n) is 4.48. The van der Waals surface area contributed by atoms with Crippen molar-refractivity contribution in [2.24, 2.45) is 0 Å². The number of nitrogens with one attached hydrogen (secondary N) is 1. The van der Waals surface area contributed by atoms with Gasteiger partial charge in [-0.2, -0.15) is 0 Å². The fourth-order valence-corrected chi connectivity index (χ4v) is 4.27. The molecule has 0 aliphatic carbocycles. The minimum Gasteiger partial charge on any atom is -0.497 e. The summed E-state index contributed by atoms with van der Waals surface area (Å²) in [5.74, 6) is -0.273. The van der Waals surface area contributed by atoms with Gasteiger partial charge in [-0.1, -0.05) is 47.1 Å². The van der Waals surface area contributed by atoms with Crippen molar-refractivity contribution in [2.75, 3.05) is 17.3 Å². The van der Waals surface area contributed by atoms with E-state index in [-0.39, 0.29) is 10.6 Å². The molecule has 0 bridgehead atoms. The van der Waals surface area contributed by atoms with Gasteiger partial charge in [-0.15, -0.1) is 0 Å². The van der Waals surface area contributed by atoms with Gasteiger partial charge in [-0.25, -0.2) is 4.90 Å². The van der Waals surface area contributed by atoms with Crippen LogP contribution in [0.1, 0.15) is 0 Å². The molecule has 0 saturated heterocycles. The number of carbonyl (C=O) groups excluding carboxylic acids is 2. The third kappa shape index (κ3) is 4.56.